The zero-order chi connectivity index (χ0) is 27.8. The van der Waals surface area contributed by atoms with Crippen LogP contribution in [0.5, 0.6) is 5.75 Å². The minimum Gasteiger partial charge on any atom is -0.483 e. The van der Waals surface area contributed by atoms with Crippen LogP contribution in [0.15, 0.2) is 35.6 Å². The van der Waals surface area contributed by atoms with E-state index in [2.05, 4.69) is 20.5 Å². The Morgan fingerprint density at radius 2 is 1.87 bits per heavy atom. The quantitative estimate of drug-likeness (QED) is 0.472. The SMILES string of the molecule is Cc1c(NCC(N)=O)nn(C)c1-c1cc(OC2CN(C(=O)N3N=CCC3c3cc(F)cc(F)c3)C2)c(F)cn1. The summed E-state index contributed by atoms with van der Waals surface area (Å²) in [7, 11) is 1.69. The number of likely N-dealkylation sites (tertiary alicyclic amines) is 1. The molecule has 0 saturated carbocycles. The molecule has 2 aromatic heterocycles. The van der Waals surface area contributed by atoms with Gasteiger partial charge in [-0.2, -0.15) is 10.2 Å². The minimum absolute atomic E-state index is 0.0448. The molecule has 3 aromatic rings. The average molecular weight is 543 g/mol. The van der Waals surface area contributed by atoms with Crippen molar-refractivity contribution in [2.75, 3.05) is 25.0 Å². The van der Waals surface area contributed by atoms with Gasteiger partial charge in [-0.25, -0.2) is 23.0 Å². The van der Waals surface area contributed by atoms with Gasteiger partial charge in [-0.15, -0.1) is 0 Å². The summed E-state index contributed by atoms with van der Waals surface area (Å²) >= 11 is 0. The van der Waals surface area contributed by atoms with Gasteiger partial charge < -0.3 is 20.7 Å². The number of rotatable bonds is 7. The maximum atomic E-state index is 14.6. The molecule has 1 atom stereocenters. The van der Waals surface area contributed by atoms with Gasteiger partial charge >= 0.3 is 6.03 Å². The number of carbonyl (C=O) groups excluding carboxylic acids is 2. The molecule has 2 aliphatic rings. The van der Waals surface area contributed by atoms with E-state index in [0.717, 1.165) is 12.3 Å². The third-order valence-electron chi connectivity index (χ3n) is 6.48. The standard InChI is InChI=1S/C25H25F3N8O3/c1-13-23(34(2)33-24(13)31-10-22(29)37)19-8-21(18(28)9-30-19)39-17-11-35(12-17)25(38)36-20(3-4-32-36)14-5-15(26)7-16(27)6-14/h4-9,17,20H,3,10-12H2,1-2H3,(H2,29,37)(H,31,33). The fourth-order valence-corrected chi connectivity index (χ4v) is 4.60. The van der Waals surface area contributed by atoms with E-state index in [0.29, 0.717) is 34.8 Å². The van der Waals surface area contributed by atoms with E-state index < -0.39 is 41.5 Å². The van der Waals surface area contributed by atoms with Gasteiger partial charge in [0, 0.05) is 37.4 Å². The lowest BCUT2D eigenvalue weighted by atomic mass is 10.0. The van der Waals surface area contributed by atoms with E-state index in [9.17, 15) is 22.8 Å². The van der Waals surface area contributed by atoms with Crippen molar-refractivity contribution in [3.8, 4) is 17.1 Å². The van der Waals surface area contributed by atoms with E-state index in [4.69, 9.17) is 10.5 Å². The van der Waals surface area contributed by atoms with Gasteiger partial charge in [0.2, 0.25) is 5.91 Å². The lowest BCUT2D eigenvalue weighted by Crippen LogP contribution is -2.58. The predicted octanol–water partition coefficient (Wildman–Crippen LogP) is 2.72. The number of aromatic nitrogens is 3. The fourth-order valence-electron chi connectivity index (χ4n) is 4.60. The Labute approximate surface area is 221 Å². The normalized spacial score (nSPS) is 16.9. The summed E-state index contributed by atoms with van der Waals surface area (Å²) in [6.45, 7) is 2.01. The van der Waals surface area contributed by atoms with E-state index in [1.165, 1.54) is 34.3 Å². The molecule has 0 bridgehead atoms. The zero-order valence-corrected chi connectivity index (χ0v) is 21.1. The Bertz CT molecular complexity index is 1450. The maximum absolute atomic E-state index is 14.6. The number of ether oxygens (including phenoxy) is 1. The number of hydrogen-bond acceptors (Lipinski definition) is 7. The van der Waals surface area contributed by atoms with Crippen LogP contribution in [0.4, 0.5) is 23.8 Å². The van der Waals surface area contributed by atoms with Crippen molar-refractivity contribution in [3.05, 3.63) is 59.0 Å². The van der Waals surface area contributed by atoms with Crippen LogP contribution < -0.4 is 15.8 Å². The molecule has 1 aromatic carbocycles. The van der Waals surface area contributed by atoms with E-state index in [1.54, 1.807) is 18.7 Å². The Morgan fingerprint density at radius 3 is 2.56 bits per heavy atom. The number of nitrogens with zero attached hydrogens (tertiary/aromatic N) is 6. The highest BCUT2D eigenvalue weighted by molar-refractivity contribution is 5.80. The molecule has 1 fully saturated rings. The molecule has 39 heavy (non-hydrogen) atoms. The number of urea groups is 1. The first-order valence-electron chi connectivity index (χ1n) is 12.1. The van der Waals surface area contributed by atoms with Crippen LogP contribution in [-0.4, -0.2) is 68.6 Å². The molecule has 0 aliphatic carbocycles. The topological polar surface area (TPSA) is 131 Å². The number of halogens is 3. The monoisotopic (exact) mass is 542 g/mol. The summed E-state index contributed by atoms with van der Waals surface area (Å²) in [6.07, 6.45) is 2.38. The van der Waals surface area contributed by atoms with E-state index >= 15 is 0 Å². The number of nitrogens with one attached hydrogen (secondary N) is 1. The molecule has 1 unspecified atom stereocenters. The second kappa shape index (κ2) is 10.3. The molecule has 0 spiro atoms. The summed E-state index contributed by atoms with van der Waals surface area (Å²) in [6, 6.07) is 3.48. The van der Waals surface area contributed by atoms with Crippen molar-refractivity contribution in [2.24, 2.45) is 17.9 Å². The molecule has 3 N–H and O–H groups in total. The van der Waals surface area contributed by atoms with Gasteiger partial charge in [0.25, 0.3) is 0 Å². The van der Waals surface area contributed by atoms with Crippen LogP contribution >= 0.6 is 0 Å². The molecule has 14 heteroatoms. The van der Waals surface area contributed by atoms with E-state index in [1.807, 2.05) is 0 Å². The van der Waals surface area contributed by atoms with Gasteiger partial charge in [0.05, 0.1) is 43.3 Å². The van der Waals surface area contributed by atoms with Crippen molar-refractivity contribution < 1.29 is 27.5 Å². The second-order valence-corrected chi connectivity index (χ2v) is 9.29. The first-order chi connectivity index (χ1) is 18.6. The molecule has 4 heterocycles. The van der Waals surface area contributed by atoms with E-state index in [-0.39, 0.29) is 25.4 Å². The third-order valence-corrected chi connectivity index (χ3v) is 6.48. The van der Waals surface area contributed by atoms with Gasteiger partial charge in [-0.05, 0) is 24.6 Å². The minimum atomic E-state index is -0.736. The van der Waals surface area contributed by atoms with Crippen molar-refractivity contribution in [1.29, 1.82) is 0 Å². The van der Waals surface area contributed by atoms with Crippen LogP contribution in [0, 0.1) is 24.4 Å². The predicted molar refractivity (Wildman–Crippen MR) is 134 cm³/mol. The van der Waals surface area contributed by atoms with Gasteiger partial charge in [-0.3, -0.25) is 14.5 Å². The Morgan fingerprint density at radius 1 is 1.15 bits per heavy atom. The van der Waals surface area contributed by atoms with Crippen LogP contribution in [0.3, 0.4) is 0 Å². The highest BCUT2D eigenvalue weighted by Gasteiger charge is 2.39. The number of amides is 3. The van der Waals surface area contributed by atoms with Crippen LogP contribution in [0.25, 0.3) is 11.4 Å². The number of pyridine rings is 1. The molecule has 0 radical (unpaired) electrons. The molecule has 204 valence electrons. The fraction of sp³-hybridized carbons (Fsp3) is 0.320. The number of anilines is 1. The van der Waals surface area contributed by atoms with Gasteiger partial charge in [-0.1, -0.05) is 0 Å². The molecule has 2 aliphatic heterocycles. The molecular formula is C25H25F3N8O3. The number of benzene rings is 1. The first kappa shape index (κ1) is 26.0. The zero-order valence-electron chi connectivity index (χ0n) is 21.1. The van der Waals surface area contributed by atoms with Crippen LogP contribution in [-0.2, 0) is 11.8 Å². The Hall–Kier alpha value is -4.62. The van der Waals surface area contributed by atoms with Crippen LogP contribution in [0.1, 0.15) is 23.6 Å². The third kappa shape index (κ3) is 5.22. The maximum Gasteiger partial charge on any atom is 0.341 e. The average Bonchev–Trinajstić information content (AvgIpc) is 3.44. The smallest absolute Gasteiger partial charge is 0.341 e. The van der Waals surface area contributed by atoms with Crippen molar-refractivity contribution in [2.45, 2.75) is 25.5 Å². The number of hydrazone groups is 1. The number of primary amides is 1. The number of nitrogens with two attached hydrogens (primary N) is 1. The van der Waals surface area contributed by atoms with Crippen molar-refractivity contribution in [3.63, 3.8) is 0 Å². The lowest BCUT2D eigenvalue weighted by molar-refractivity contribution is -0.116. The number of hydrogen-bond donors (Lipinski definition) is 2. The largest absolute Gasteiger partial charge is 0.483 e. The number of aryl methyl sites for hydroxylation is 1. The summed E-state index contributed by atoms with van der Waals surface area (Å²) in [5.74, 6) is -2.29. The summed E-state index contributed by atoms with van der Waals surface area (Å²) in [5.41, 5.74) is 7.16. The second-order valence-electron chi connectivity index (χ2n) is 9.29. The van der Waals surface area contributed by atoms with Gasteiger partial charge in [0.1, 0.15) is 17.7 Å². The highest BCUT2D eigenvalue weighted by Crippen LogP contribution is 2.33. The summed E-state index contributed by atoms with van der Waals surface area (Å²) in [5, 5.41) is 12.4. The molecule has 3 amide bonds. The molecule has 11 nitrogen and oxygen atoms in total. The van der Waals surface area contributed by atoms with Crippen molar-refractivity contribution >= 4 is 24.0 Å². The van der Waals surface area contributed by atoms with Crippen LogP contribution in [0.2, 0.25) is 0 Å². The highest BCUT2D eigenvalue weighted by atomic mass is 19.1. The molecule has 1 saturated heterocycles. The summed E-state index contributed by atoms with van der Waals surface area (Å²) in [4.78, 5) is 29.7. The summed E-state index contributed by atoms with van der Waals surface area (Å²) < 4.78 is 49.4. The number of carbonyl (C=O) groups is 2. The van der Waals surface area contributed by atoms with Gasteiger partial charge in [0.15, 0.2) is 17.4 Å². The molecule has 5 rings (SSSR count). The van der Waals surface area contributed by atoms with Crippen molar-refractivity contribution in [1.82, 2.24) is 24.7 Å². The Balaban J connectivity index is 1.25. The Kier molecular flexibility index (Phi) is 6.85. The first-order valence-corrected chi connectivity index (χ1v) is 12.1. The molecular weight excluding hydrogens is 517 g/mol. The lowest BCUT2D eigenvalue weighted by Gasteiger charge is -2.41.